The molecule has 0 aliphatic heterocycles. The van der Waals surface area contributed by atoms with Gasteiger partial charge in [0.2, 0.25) is 0 Å². The SMILES string of the molecule is C[C@H](NP(=O)(Oc1ccccc1)Oc1ccc([N+](=O)[O-])cc1F)C(=O)OCc1ccccc1. The van der Waals surface area contributed by atoms with Crippen molar-refractivity contribution in [2.24, 2.45) is 0 Å². The summed E-state index contributed by atoms with van der Waals surface area (Å²) in [6, 6.07) is 18.3. The molecular weight excluding hydrogens is 454 g/mol. The van der Waals surface area contributed by atoms with Crippen molar-refractivity contribution in [3.63, 3.8) is 0 Å². The van der Waals surface area contributed by atoms with Gasteiger partial charge in [0.05, 0.1) is 11.0 Å². The highest BCUT2D eigenvalue weighted by Crippen LogP contribution is 2.46. The predicted molar refractivity (Wildman–Crippen MR) is 117 cm³/mol. The average Bonchev–Trinajstić information content (AvgIpc) is 2.79. The zero-order valence-electron chi connectivity index (χ0n) is 17.4. The molecule has 2 atom stereocenters. The van der Waals surface area contributed by atoms with Crippen LogP contribution in [0.15, 0.2) is 78.9 Å². The summed E-state index contributed by atoms with van der Waals surface area (Å²) in [5.41, 5.74) is 0.246. The van der Waals surface area contributed by atoms with Gasteiger partial charge >= 0.3 is 13.7 Å². The van der Waals surface area contributed by atoms with E-state index < -0.39 is 41.9 Å². The maximum absolute atomic E-state index is 14.4. The molecule has 0 heterocycles. The van der Waals surface area contributed by atoms with Gasteiger partial charge in [-0.1, -0.05) is 48.5 Å². The van der Waals surface area contributed by atoms with Crippen molar-refractivity contribution in [3.8, 4) is 11.5 Å². The van der Waals surface area contributed by atoms with E-state index in [1.807, 2.05) is 6.07 Å². The first kappa shape index (κ1) is 23.9. The number of nitrogens with one attached hydrogen (secondary N) is 1. The standard InChI is InChI=1S/C22H20FN2O7P/c1-16(22(26)30-15-17-8-4-2-5-9-17)24-33(29,31-19-10-6-3-7-11-19)32-21-13-12-18(25(27)28)14-20(21)23/h2-14,16H,15H2,1H3,(H,24,29)/t16-,33?/m0/s1. The number of hydrogen-bond acceptors (Lipinski definition) is 7. The highest BCUT2D eigenvalue weighted by molar-refractivity contribution is 7.52. The van der Waals surface area contributed by atoms with Crippen LogP contribution in [0, 0.1) is 15.9 Å². The molecule has 0 amide bonds. The van der Waals surface area contributed by atoms with Crippen molar-refractivity contribution in [1.82, 2.24) is 5.09 Å². The van der Waals surface area contributed by atoms with Crippen LogP contribution in [0.4, 0.5) is 10.1 Å². The van der Waals surface area contributed by atoms with Gasteiger partial charge in [0.15, 0.2) is 11.6 Å². The van der Waals surface area contributed by atoms with Gasteiger partial charge in [-0.05, 0) is 30.7 Å². The fraction of sp³-hybridized carbons (Fsp3) is 0.136. The molecule has 0 saturated carbocycles. The largest absolute Gasteiger partial charge is 0.513 e. The van der Waals surface area contributed by atoms with Crippen molar-refractivity contribution < 1.29 is 32.5 Å². The first-order valence-corrected chi connectivity index (χ1v) is 11.3. The first-order chi connectivity index (χ1) is 15.8. The molecular formula is C22H20FN2O7P. The number of nitro benzene ring substituents is 1. The Hall–Kier alpha value is -3.75. The van der Waals surface area contributed by atoms with Gasteiger partial charge in [0.1, 0.15) is 18.4 Å². The highest BCUT2D eigenvalue weighted by Gasteiger charge is 2.35. The summed E-state index contributed by atoms with van der Waals surface area (Å²) >= 11 is 0. The minimum Gasteiger partial charge on any atom is -0.460 e. The number of halogens is 1. The first-order valence-electron chi connectivity index (χ1n) is 9.72. The Morgan fingerprint density at radius 1 is 1.06 bits per heavy atom. The van der Waals surface area contributed by atoms with E-state index in [1.54, 1.807) is 42.5 Å². The van der Waals surface area contributed by atoms with Crippen LogP contribution in [0.5, 0.6) is 11.5 Å². The molecule has 0 aromatic heterocycles. The number of benzene rings is 3. The van der Waals surface area contributed by atoms with E-state index in [1.165, 1.54) is 19.1 Å². The fourth-order valence-corrected chi connectivity index (χ4v) is 4.17. The maximum atomic E-state index is 14.4. The number of nitrogens with zero attached hydrogens (tertiary/aromatic N) is 1. The molecule has 0 radical (unpaired) electrons. The van der Waals surface area contributed by atoms with E-state index in [0.29, 0.717) is 6.07 Å². The van der Waals surface area contributed by atoms with E-state index in [2.05, 4.69) is 5.09 Å². The second-order valence-electron chi connectivity index (χ2n) is 6.81. The molecule has 172 valence electrons. The summed E-state index contributed by atoms with van der Waals surface area (Å²) in [7, 11) is -4.40. The minimum absolute atomic E-state index is 0.00657. The Kier molecular flexibility index (Phi) is 7.76. The van der Waals surface area contributed by atoms with Crippen LogP contribution >= 0.6 is 7.75 Å². The Morgan fingerprint density at radius 3 is 2.30 bits per heavy atom. The van der Waals surface area contributed by atoms with E-state index in [-0.39, 0.29) is 12.4 Å². The quantitative estimate of drug-likeness (QED) is 0.188. The highest BCUT2D eigenvalue weighted by atomic mass is 31.2. The fourth-order valence-electron chi connectivity index (χ4n) is 2.64. The number of nitro groups is 1. The smallest absolute Gasteiger partial charge is 0.460 e. The third-order valence-electron chi connectivity index (χ3n) is 4.24. The number of rotatable bonds is 10. The molecule has 11 heteroatoms. The Balaban J connectivity index is 1.77. The Bertz CT molecular complexity index is 1160. The van der Waals surface area contributed by atoms with Gasteiger partial charge in [-0.15, -0.1) is 0 Å². The molecule has 0 bridgehead atoms. The zero-order chi connectivity index (χ0) is 23.8. The lowest BCUT2D eigenvalue weighted by Gasteiger charge is -2.23. The normalized spacial score (nSPS) is 13.4. The van der Waals surface area contributed by atoms with Gasteiger partial charge in [-0.3, -0.25) is 14.9 Å². The summed E-state index contributed by atoms with van der Waals surface area (Å²) in [5.74, 6) is -2.30. The number of non-ortho nitro benzene ring substituents is 1. The Morgan fingerprint density at radius 2 is 1.70 bits per heavy atom. The van der Waals surface area contributed by atoms with Crippen LogP contribution in [0.3, 0.4) is 0 Å². The molecule has 1 N–H and O–H groups in total. The van der Waals surface area contributed by atoms with Gasteiger partial charge in [0, 0.05) is 6.07 Å². The molecule has 3 aromatic rings. The predicted octanol–water partition coefficient (Wildman–Crippen LogP) is 5.02. The summed E-state index contributed by atoms with van der Waals surface area (Å²) in [6.45, 7) is 1.37. The zero-order valence-corrected chi connectivity index (χ0v) is 18.3. The van der Waals surface area contributed by atoms with Gasteiger partial charge in [-0.2, -0.15) is 5.09 Å². The van der Waals surface area contributed by atoms with Crippen LogP contribution in [0.25, 0.3) is 0 Å². The molecule has 0 fully saturated rings. The molecule has 0 saturated heterocycles. The van der Waals surface area contributed by atoms with E-state index in [4.69, 9.17) is 13.8 Å². The summed E-state index contributed by atoms with van der Waals surface area (Å²) in [4.78, 5) is 22.5. The van der Waals surface area contributed by atoms with Crippen LogP contribution in [-0.2, 0) is 20.7 Å². The molecule has 0 aliphatic carbocycles. The lowest BCUT2D eigenvalue weighted by atomic mass is 10.2. The summed E-state index contributed by atoms with van der Waals surface area (Å²) in [6.07, 6.45) is 0. The average molecular weight is 474 g/mol. The number of esters is 1. The van der Waals surface area contributed by atoms with Crippen LogP contribution in [-0.4, -0.2) is 16.9 Å². The molecule has 3 rings (SSSR count). The lowest BCUT2D eigenvalue weighted by Crippen LogP contribution is -2.35. The third kappa shape index (κ3) is 6.86. The number of para-hydroxylation sites is 1. The molecule has 0 aliphatic rings. The second-order valence-corrected chi connectivity index (χ2v) is 8.43. The topological polar surface area (TPSA) is 117 Å². The number of hydrogen-bond donors (Lipinski definition) is 1. The van der Waals surface area contributed by atoms with Crippen molar-refractivity contribution in [2.45, 2.75) is 19.6 Å². The molecule has 1 unspecified atom stereocenters. The molecule has 33 heavy (non-hydrogen) atoms. The molecule has 3 aromatic carbocycles. The van der Waals surface area contributed by atoms with Crippen molar-refractivity contribution >= 4 is 19.4 Å². The van der Waals surface area contributed by atoms with Crippen molar-refractivity contribution in [1.29, 1.82) is 0 Å². The van der Waals surface area contributed by atoms with Crippen LogP contribution < -0.4 is 14.1 Å². The molecule has 9 nitrogen and oxygen atoms in total. The van der Waals surface area contributed by atoms with Crippen LogP contribution in [0.1, 0.15) is 12.5 Å². The van der Waals surface area contributed by atoms with E-state index in [9.17, 15) is 23.9 Å². The monoisotopic (exact) mass is 474 g/mol. The number of carbonyl (C=O) groups is 1. The third-order valence-corrected chi connectivity index (χ3v) is 5.83. The number of carbonyl (C=O) groups excluding carboxylic acids is 1. The maximum Gasteiger partial charge on any atom is 0.513 e. The Labute approximate surface area is 188 Å². The van der Waals surface area contributed by atoms with Gasteiger partial charge < -0.3 is 13.8 Å². The number of ether oxygens (including phenoxy) is 1. The van der Waals surface area contributed by atoms with E-state index in [0.717, 1.165) is 17.7 Å². The van der Waals surface area contributed by atoms with E-state index >= 15 is 0 Å². The van der Waals surface area contributed by atoms with Crippen molar-refractivity contribution in [2.75, 3.05) is 0 Å². The van der Waals surface area contributed by atoms with Crippen LogP contribution in [0.2, 0.25) is 0 Å². The van der Waals surface area contributed by atoms with Crippen molar-refractivity contribution in [3.05, 3.63) is 100 Å². The molecule has 0 spiro atoms. The van der Waals surface area contributed by atoms with Gasteiger partial charge in [0.25, 0.3) is 5.69 Å². The minimum atomic E-state index is -4.40. The summed E-state index contributed by atoms with van der Waals surface area (Å²) in [5, 5.41) is 13.3. The second kappa shape index (κ2) is 10.7. The van der Waals surface area contributed by atoms with Gasteiger partial charge in [-0.25, -0.2) is 8.96 Å². The summed E-state index contributed by atoms with van der Waals surface area (Å²) < 4.78 is 43.7. The lowest BCUT2D eigenvalue weighted by molar-refractivity contribution is -0.385.